The van der Waals surface area contributed by atoms with Crippen LogP contribution in [0.15, 0.2) is 15.9 Å². The number of rotatable bonds is 8. The average molecular weight is 378 g/mol. The molecule has 0 bridgehead atoms. The Kier molecular flexibility index (Phi) is 7.32. The Balaban J connectivity index is 0.00000312. The summed E-state index contributed by atoms with van der Waals surface area (Å²) >= 11 is 0. The van der Waals surface area contributed by atoms with Gasteiger partial charge in [0.25, 0.3) is 5.56 Å². The van der Waals surface area contributed by atoms with Crippen LogP contribution in [0.5, 0.6) is 0 Å². The quantitative estimate of drug-likeness (QED) is 0.337. The maximum Gasteiger partial charge on any atom is 0.332 e. The molecule has 0 saturated carbocycles. The highest BCUT2D eigenvalue weighted by molar-refractivity contribution is 5.69. The summed E-state index contributed by atoms with van der Waals surface area (Å²) in [5.41, 5.74) is -1.13. The summed E-state index contributed by atoms with van der Waals surface area (Å²) in [5.74, 6) is 0. The van der Waals surface area contributed by atoms with Crippen LogP contribution in [0.1, 0.15) is 6.42 Å². The lowest BCUT2D eigenvalue weighted by atomic mass is 10.0. The van der Waals surface area contributed by atoms with Crippen molar-refractivity contribution in [1.82, 2.24) is 18.7 Å². The summed E-state index contributed by atoms with van der Waals surface area (Å²) in [6.45, 7) is 0.0101. The van der Waals surface area contributed by atoms with Gasteiger partial charge < -0.3 is 37.6 Å². The lowest BCUT2D eigenvalue weighted by Gasteiger charge is -2.25. The summed E-state index contributed by atoms with van der Waals surface area (Å²) in [5, 5.41) is 29.5. The van der Waals surface area contributed by atoms with Crippen LogP contribution in [0.2, 0.25) is 0 Å². The number of aliphatic hydroxyl groups excluding tert-OH is 3. The molecule has 0 unspecified atom stereocenters. The van der Waals surface area contributed by atoms with E-state index in [0.717, 1.165) is 4.57 Å². The topological polar surface area (TPSA) is 139 Å². The van der Waals surface area contributed by atoms with Gasteiger partial charge in [0, 0.05) is 27.1 Å². The number of nitrogens with zero attached hydrogens (tertiary/aromatic N) is 4. The van der Waals surface area contributed by atoms with Gasteiger partial charge in [0.2, 0.25) is 0 Å². The van der Waals surface area contributed by atoms with E-state index in [1.807, 2.05) is 0 Å². The zero-order chi connectivity index (χ0) is 17.9. The van der Waals surface area contributed by atoms with E-state index >= 15 is 0 Å². The van der Waals surface area contributed by atoms with Crippen molar-refractivity contribution in [2.24, 2.45) is 14.1 Å². The Morgan fingerprint density at radius 1 is 1.12 bits per heavy atom. The molecule has 2 heterocycles. The molecule has 10 nitrogen and oxygen atoms in total. The molecule has 0 fully saturated rings. The van der Waals surface area contributed by atoms with Crippen LogP contribution in [-0.2, 0) is 20.6 Å². The van der Waals surface area contributed by atoms with Crippen LogP contribution >= 0.6 is 0 Å². The molecule has 5 N–H and O–H groups in total. The monoisotopic (exact) mass is 377 g/mol. The molecule has 25 heavy (non-hydrogen) atoms. The fourth-order valence-corrected chi connectivity index (χ4v) is 2.58. The first-order valence-electron chi connectivity index (χ1n) is 7.68. The maximum absolute atomic E-state index is 12.3. The van der Waals surface area contributed by atoms with Crippen LogP contribution in [0, 0.1) is 0 Å². The number of hydrogen-bond acceptors (Lipinski definition) is 6. The first kappa shape index (κ1) is 21.3. The molecule has 0 amide bonds. The van der Waals surface area contributed by atoms with Gasteiger partial charge in [0.15, 0.2) is 16.7 Å². The SMILES string of the molecule is Cn1c(=O)c2c(ncn2CCC[NH2+]C(CO)(CO)CO)n(C)c1=O.[Cl-]. The van der Waals surface area contributed by atoms with Crippen LogP contribution in [0.25, 0.3) is 11.2 Å². The van der Waals surface area contributed by atoms with E-state index in [9.17, 15) is 24.9 Å². The molecular weight excluding hydrogens is 354 g/mol. The van der Waals surface area contributed by atoms with Gasteiger partial charge in [0.05, 0.1) is 12.9 Å². The zero-order valence-corrected chi connectivity index (χ0v) is 15.0. The van der Waals surface area contributed by atoms with Crippen LogP contribution in [0.3, 0.4) is 0 Å². The lowest BCUT2D eigenvalue weighted by molar-refractivity contribution is -0.733. The van der Waals surface area contributed by atoms with Gasteiger partial charge in [-0.05, 0) is 0 Å². The standard InChI is InChI=1S/C14H23N5O5.ClH/c1-17-11-10(12(23)18(2)13(17)24)19(9-15-11)5-3-4-16-14(6-20,7-21)8-22;/h9,16,20-22H,3-8H2,1-2H3;1H. The Hall–Kier alpha value is -1.72. The second-order valence-corrected chi connectivity index (χ2v) is 6.00. The third-order valence-electron chi connectivity index (χ3n) is 4.34. The molecule has 0 radical (unpaired) electrons. The summed E-state index contributed by atoms with van der Waals surface area (Å²) in [4.78, 5) is 28.3. The second kappa shape index (κ2) is 8.59. The van der Waals surface area contributed by atoms with Gasteiger partial charge in [-0.1, -0.05) is 0 Å². The highest BCUT2D eigenvalue weighted by Gasteiger charge is 2.31. The number of quaternary nitrogens is 1. The number of aromatic nitrogens is 4. The summed E-state index contributed by atoms with van der Waals surface area (Å²) in [7, 11) is 2.99. The fraction of sp³-hybridized carbons (Fsp3) is 0.643. The predicted octanol–water partition coefficient (Wildman–Crippen LogP) is -6.89. The summed E-state index contributed by atoms with van der Waals surface area (Å²) in [6.07, 6.45) is 2.14. The number of aliphatic hydroxyl groups is 3. The number of nitrogens with two attached hydrogens (primary N) is 1. The molecule has 0 spiro atoms. The molecule has 0 aromatic carbocycles. The Morgan fingerprint density at radius 3 is 2.28 bits per heavy atom. The van der Waals surface area contributed by atoms with Crippen LogP contribution in [0.4, 0.5) is 0 Å². The average Bonchev–Trinajstić information content (AvgIpc) is 3.03. The van der Waals surface area contributed by atoms with Gasteiger partial charge in [-0.15, -0.1) is 0 Å². The van der Waals surface area contributed by atoms with E-state index in [4.69, 9.17) is 0 Å². The third kappa shape index (κ3) is 3.93. The number of halogens is 1. The van der Waals surface area contributed by atoms with Crippen molar-refractivity contribution in [2.75, 3.05) is 26.4 Å². The molecule has 2 aromatic rings. The van der Waals surface area contributed by atoms with E-state index in [1.54, 1.807) is 16.9 Å². The Bertz CT molecular complexity index is 815. The number of imidazole rings is 1. The maximum atomic E-state index is 12.3. The second-order valence-electron chi connectivity index (χ2n) is 6.00. The minimum atomic E-state index is -1.00. The highest BCUT2D eigenvalue weighted by atomic mass is 35.5. The van der Waals surface area contributed by atoms with Crippen molar-refractivity contribution in [3.05, 3.63) is 27.2 Å². The van der Waals surface area contributed by atoms with Crippen LogP contribution in [-0.4, -0.2) is 65.9 Å². The lowest BCUT2D eigenvalue weighted by Crippen LogP contribution is -3.00. The van der Waals surface area contributed by atoms with Gasteiger partial charge in [-0.2, -0.15) is 0 Å². The van der Waals surface area contributed by atoms with E-state index in [1.165, 1.54) is 17.9 Å². The number of hydrogen-bond donors (Lipinski definition) is 4. The van der Waals surface area contributed by atoms with Crippen molar-refractivity contribution >= 4 is 11.2 Å². The molecule has 2 rings (SSSR count). The molecule has 0 atom stereocenters. The van der Waals surface area contributed by atoms with E-state index in [0.29, 0.717) is 30.7 Å². The van der Waals surface area contributed by atoms with E-state index in [-0.39, 0.29) is 32.2 Å². The summed E-state index contributed by atoms with van der Waals surface area (Å²) < 4.78 is 4.05. The largest absolute Gasteiger partial charge is 1.00 e. The molecule has 0 saturated heterocycles. The van der Waals surface area contributed by atoms with Crippen LogP contribution < -0.4 is 29.0 Å². The van der Waals surface area contributed by atoms with Crippen molar-refractivity contribution in [3.8, 4) is 0 Å². The highest BCUT2D eigenvalue weighted by Crippen LogP contribution is 2.05. The molecule has 0 aliphatic rings. The van der Waals surface area contributed by atoms with Gasteiger partial charge >= 0.3 is 5.69 Å². The van der Waals surface area contributed by atoms with Crippen molar-refractivity contribution in [2.45, 2.75) is 18.5 Å². The van der Waals surface area contributed by atoms with E-state index in [2.05, 4.69) is 4.98 Å². The number of aryl methyl sites for hydroxylation is 2. The minimum Gasteiger partial charge on any atom is -1.00 e. The molecule has 2 aromatic heterocycles. The van der Waals surface area contributed by atoms with Gasteiger partial charge in [0.1, 0.15) is 19.8 Å². The van der Waals surface area contributed by atoms with Crippen molar-refractivity contribution < 1.29 is 33.0 Å². The van der Waals surface area contributed by atoms with Crippen molar-refractivity contribution in [3.63, 3.8) is 0 Å². The third-order valence-corrected chi connectivity index (χ3v) is 4.34. The molecule has 0 aliphatic carbocycles. The zero-order valence-electron chi connectivity index (χ0n) is 14.2. The first-order valence-corrected chi connectivity index (χ1v) is 7.68. The molecule has 0 aliphatic heterocycles. The Labute approximate surface area is 149 Å². The Morgan fingerprint density at radius 2 is 1.72 bits per heavy atom. The first-order chi connectivity index (χ1) is 11.4. The van der Waals surface area contributed by atoms with Gasteiger partial charge in [-0.3, -0.25) is 13.9 Å². The fourth-order valence-electron chi connectivity index (χ4n) is 2.58. The molecule has 142 valence electrons. The normalized spacial score (nSPS) is 11.7. The predicted molar refractivity (Wildman–Crippen MR) is 85.6 cm³/mol. The van der Waals surface area contributed by atoms with Gasteiger partial charge in [-0.25, -0.2) is 9.78 Å². The number of fused-ring (bicyclic) bond motifs is 1. The minimum absolute atomic E-state index is 0. The molecular formula is C14H24ClN5O5. The van der Waals surface area contributed by atoms with Crippen molar-refractivity contribution in [1.29, 1.82) is 0 Å². The molecule has 11 heteroatoms. The van der Waals surface area contributed by atoms with E-state index < -0.39 is 16.8 Å². The smallest absolute Gasteiger partial charge is 0.332 e. The summed E-state index contributed by atoms with van der Waals surface area (Å²) in [6, 6.07) is 0.